The maximum Gasteiger partial charge on any atom is 0.270 e. The second kappa shape index (κ2) is 5.10. The minimum atomic E-state index is -0.752. The highest BCUT2D eigenvalue weighted by molar-refractivity contribution is 6.08. The number of hydrogen-bond donors (Lipinski definition) is 1. The van der Waals surface area contributed by atoms with Gasteiger partial charge in [-0.3, -0.25) is 10.1 Å². The lowest BCUT2D eigenvalue weighted by Crippen LogP contribution is -2.20. The van der Waals surface area contributed by atoms with Crippen molar-refractivity contribution >= 4 is 27.5 Å². The van der Waals surface area contributed by atoms with Gasteiger partial charge in [0.05, 0.1) is 10.5 Å². The molecule has 0 fully saturated rings. The van der Waals surface area contributed by atoms with Gasteiger partial charge in [0.15, 0.2) is 0 Å². The Labute approximate surface area is 127 Å². The molecule has 3 rings (SSSR count). The second-order valence-corrected chi connectivity index (χ2v) is 6.19. The van der Waals surface area contributed by atoms with Gasteiger partial charge in [0.25, 0.3) is 5.69 Å². The van der Waals surface area contributed by atoms with E-state index in [0.717, 1.165) is 21.8 Å². The standard InChI is InChI=1S/C17H18N2O3/c1-17(2,20)9-10-18-15-6-4-3-5-13(15)14-11-12(19(21)22)7-8-16(14)18/h3-8,11,20H,9-10H2,1-2H3. The van der Waals surface area contributed by atoms with Crippen molar-refractivity contribution in [2.75, 3.05) is 0 Å². The summed E-state index contributed by atoms with van der Waals surface area (Å²) in [6.07, 6.45) is 0.609. The number of rotatable bonds is 4. The number of hydrogen-bond acceptors (Lipinski definition) is 3. The molecule has 0 aliphatic rings. The molecule has 0 atom stereocenters. The van der Waals surface area contributed by atoms with Crippen LogP contribution in [0.25, 0.3) is 21.8 Å². The van der Waals surface area contributed by atoms with Gasteiger partial charge in [0.2, 0.25) is 0 Å². The number of aliphatic hydroxyl groups is 1. The van der Waals surface area contributed by atoms with Crippen molar-refractivity contribution in [3.05, 3.63) is 52.6 Å². The van der Waals surface area contributed by atoms with Crippen LogP contribution in [-0.2, 0) is 6.54 Å². The molecule has 0 bridgehead atoms. The van der Waals surface area contributed by atoms with Crippen LogP contribution in [0.3, 0.4) is 0 Å². The van der Waals surface area contributed by atoms with Crippen molar-refractivity contribution in [2.45, 2.75) is 32.4 Å². The van der Waals surface area contributed by atoms with E-state index < -0.39 is 5.60 Å². The largest absolute Gasteiger partial charge is 0.390 e. The topological polar surface area (TPSA) is 68.3 Å². The summed E-state index contributed by atoms with van der Waals surface area (Å²) < 4.78 is 2.12. The third-order valence-corrected chi connectivity index (χ3v) is 3.91. The summed E-state index contributed by atoms with van der Waals surface area (Å²) >= 11 is 0. The molecule has 5 heteroatoms. The molecule has 0 aliphatic carbocycles. The molecule has 2 aromatic carbocycles. The Morgan fingerprint density at radius 2 is 1.82 bits per heavy atom. The number of nitro groups is 1. The van der Waals surface area contributed by atoms with E-state index in [0.29, 0.717) is 13.0 Å². The monoisotopic (exact) mass is 298 g/mol. The highest BCUT2D eigenvalue weighted by Gasteiger charge is 2.17. The molecule has 1 N–H and O–H groups in total. The van der Waals surface area contributed by atoms with Gasteiger partial charge in [-0.25, -0.2) is 0 Å². The predicted octanol–water partition coefficient (Wildman–Crippen LogP) is 3.86. The molecule has 0 aliphatic heterocycles. The SMILES string of the molecule is CC(C)(O)CCn1c2ccccc2c2cc([N+](=O)[O-])ccc21. The Balaban J connectivity index is 2.22. The Morgan fingerprint density at radius 1 is 1.14 bits per heavy atom. The third-order valence-electron chi connectivity index (χ3n) is 3.91. The summed E-state index contributed by atoms with van der Waals surface area (Å²) in [4.78, 5) is 10.6. The summed E-state index contributed by atoms with van der Waals surface area (Å²) in [7, 11) is 0. The van der Waals surface area contributed by atoms with Crippen LogP contribution in [0.5, 0.6) is 0 Å². The second-order valence-electron chi connectivity index (χ2n) is 6.19. The van der Waals surface area contributed by atoms with E-state index in [2.05, 4.69) is 4.57 Å². The molecule has 0 amide bonds. The first-order valence-electron chi connectivity index (χ1n) is 7.24. The van der Waals surface area contributed by atoms with Gasteiger partial charge >= 0.3 is 0 Å². The number of para-hydroxylation sites is 1. The van der Waals surface area contributed by atoms with Gasteiger partial charge in [-0.1, -0.05) is 18.2 Å². The zero-order chi connectivity index (χ0) is 15.9. The van der Waals surface area contributed by atoms with Crippen molar-refractivity contribution < 1.29 is 10.0 Å². The van der Waals surface area contributed by atoms with Crippen molar-refractivity contribution in [1.82, 2.24) is 4.57 Å². The number of aromatic nitrogens is 1. The zero-order valence-electron chi connectivity index (χ0n) is 12.6. The average molecular weight is 298 g/mol. The van der Waals surface area contributed by atoms with Crippen LogP contribution in [0.2, 0.25) is 0 Å². The van der Waals surface area contributed by atoms with Crippen LogP contribution in [0.4, 0.5) is 5.69 Å². The van der Waals surface area contributed by atoms with Crippen LogP contribution in [0.1, 0.15) is 20.3 Å². The molecule has 1 aromatic heterocycles. The highest BCUT2D eigenvalue weighted by Crippen LogP contribution is 2.32. The number of nitro benzene ring substituents is 1. The van der Waals surface area contributed by atoms with E-state index in [1.165, 1.54) is 6.07 Å². The van der Waals surface area contributed by atoms with Crippen molar-refractivity contribution in [3.8, 4) is 0 Å². The molecule has 3 aromatic rings. The zero-order valence-corrected chi connectivity index (χ0v) is 12.6. The maximum atomic E-state index is 11.0. The normalized spacial score (nSPS) is 12.1. The van der Waals surface area contributed by atoms with E-state index >= 15 is 0 Å². The molecule has 0 radical (unpaired) electrons. The summed E-state index contributed by atoms with van der Waals surface area (Å²) in [5.74, 6) is 0. The van der Waals surface area contributed by atoms with E-state index in [1.807, 2.05) is 24.3 Å². The van der Waals surface area contributed by atoms with Crippen LogP contribution >= 0.6 is 0 Å². The lowest BCUT2D eigenvalue weighted by Gasteiger charge is -2.18. The molecule has 1 heterocycles. The Bertz CT molecular complexity index is 859. The Kier molecular flexibility index (Phi) is 3.37. The number of nitrogens with zero attached hydrogens (tertiary/aromatic N) is 2. The molecule has 0 spiro atoms. The van der Waals surface area contributed by atoms with Gasteiger partial charge in [-0.15, -0.1) is 0 Å². The molecule has 114 valence electrons. The molecule has 0 saturated carbocycles. The number of non-ortho nitro benzene ring substituents is 1. The van der Waals surface area contributed by atoms with Gasteiger partial charge in [0, 0.05) is 40.5 Å². The Hall–Kier alpha value is -2.40. The third kappa shape index (κ3) is 2.55. The van der Waals surface area contributed by atoms with Crippen molar-refractivity contribution in [2.24, 2.45) is 0 Å². The molecular formula is C17H18N2O3. The minimum Gasteiger partial charge on any atom is -0.390 e. The summed E-state index contributed by atoms with van der Waals surface area (Å²) in [6.45, 7) is 4.22. The van der Waals surface area contributed by atoms with E-state index in [4.69, 9.17) is 0 Å². The van der Waals surface area contributed by atoms with Crippen molar-refractivity contribution in [1.29, 1.82) is 0 Å². The molecule has 5 nitrogen and oxygen atoms in total. The Morgan fingerprint density at radius 3 is 2.50 bits per heavy atom. The fourth-order valence-corrected chi connectivity index (χ4v) is 2.78. The lowest BCUT2D eigenvalue weighted by molar-refractivity contribution is -0.384. The van der Waals surface area contributed by atoms with Crippen molar-refractivity contribution in [3.63, 3.8) is 0 Å². The molecule has 0 saturated heterocycles. The van der Waals surface area contributed by atoms with Crippen LogP contribution in [0.15, 0.2) is 42.5 Å². The van der Waals surface area contributed by atoms with E-state index in [-0.39, 0.29) is 10.6 Å². The highest BCUT2D eigenvalue weighted by atomic mass is 16.6. The summed E-state index contributed by atoms with van der Waals surface area (Å²) in [6, 6.07) is 12.8. The van der Waals surface area contributed by atoms with E-state index in [9.17, 15) is 15.2 Å². The lowest BCUT2D eigenvalue weighted by atomic mass is 10.1. The van der Waals surface area contributed by atoms with Crippen LogP contribution in [0, 0.1) is 10.1 Å². The quantitative estimate of drug-likeness (QED) is 0.587. The first-order chi connectivity index (χ1) is 10.4. The van der Waals surface area contributed by atoms with Gasteiger partial charge < -0.3 is 9.67 Å². The first kappa shape index (κ1) is 14.5. The minimum absolute atomic E-state index is 0.0953. The van der Waals surface area contributed by atoms with Gasteiger partial charge in [-0.2, -0.15) is 0 Å². The summed E-state index contributed by atoms with van der Waals surface area (Å²) in [5, 5.41) is 22.9. The van der Waals surface area contributed by atoms with Gasteiger partial charge in [0.1, 0.15) is 0 Å². The average Bonchev–Trinajstić information content (AvgIpc) is 2.77. The maximum absolute atomic E-state index is 11.0. The summed E-state index contributed by atoms with van der Waals surface area (Å²) in [5.41, 5.74) is 1.33. The molecule has 22 heavy (non-hydrogen) atoms. The van der Waals surface area contributed by atoms with Crippen LogP contribution < -0.4 is 0 Å². The fourth-order valence-electron chi connectivity index (χ4n) is 2.78. The smallest absolute Gasteiger partial charge is 0.270 e. The van der Waals surface area contributed by atoms with Gasteiger partial charge in [-0.05, 0) is 32.4 Å². The number of aryl methyl sites for hydroxylation is 1. The predicted molar refractivity (Wildman–Crippen MR) is 87.0 cm³/mol. The number of benzene rings is 2. The van der Waals surface area contributed by atoms with E-state index in [1.54, 1.807) is 26.0 Å². The number of fused-ring (bicyclic) bond motifs is 3. The van der Waals surface area contributed by atoms with Crippen LogP contribution in [-0.4, -0.2) is 20.2 Å². The molecular weight excluding hydrogens is 280 g/mol. The molecule has 0 unspecified atom stereocenters. The fraction of sp³-hybridized carbons (Fsp3) is 0.294. The first-order valence-corrected chi connectivity index (χ1v) is 7.24.